The van der Waals surface area contributed by atoms with Crippen LogP contribution in [-0.2, 0) is 4.79 Å². The van der Waals surface area contributed by atoms with Gasteiger partial charge in [-0.1, -0.05) is 0 Å². The molecule has 4 unspecified atom stereocenters. The van der Waals surface area contributed by atoms with E-state index in [0.717, 1.165) is 19.3 Å². The molecule has 1 aromatic heterocycles. The number of carbonyl (C=O) groups excluding carboxylic acids is 1. The Labute approximate surface area is 121 Å². The molecular weight excluding hydrogens is 272 g/mol. The Morgan fingerprint density at radius 1 is 1.33 bits per heavy atom. The minimum Gasteiger partial charge on any atom is -0.481 e. The number of carbonyl (C=O) groups is 2. The number of hydrogen-bond acceptors (Lipinski definition) is 3. The summed E-state index contributed by atoms with van der Waals surface area (Å²) in [6, 6.07) is 0.999. The van der Waals surface area contributed by atoms with E-state index in [1.807, 2.05) is 0 Å². The molecule has 2 fully saturated rings. The van der Waals surface area contributed by atoms with Crippen molar-refractivity contribution in [2.45, 2.75) is 32.2 Å². The van der Waals surface area contributed by atoms with Crippen LogP contribution in [0.2, 0.25) is 0 Å². The molecule has 112 valence electrons. The second-order valence-electron chi connectivity index (χ2n) is 6.09. The Morgan fingerprint density at radius 3 is 2.71 bits per heavy atom. The first-order valence-corrected chi connectivity index (χ1v) is 7.20. The fraction of sp³-hybridized carbons (Fsp3) is 0.533. The summed E-state index contributed by atoms with van der Waals surface area (Å²) in [5, 5.41) is 12.1. The average molecular weight is 290 g/mol. The molecule has 0 aromatic carbocycles. The minimum atomic E-state index is -0.856. The van der Waals surface area contributed by atoms with Crippen molar-refractivity contribution in [3.63, 3.8) is 0 Å². The van der Waals surface area contributed by atoms with Crippen molar-refractivity contribution in [1.29, 1.82) is 0 Å². The first-order valence-electron chi connectivity index (χ1n) is 7.20. The lowest BCUT2D eigenvalue weighted by Crippen LogP contribution is -2.47. The van der Waals surface area contributed by atoms with E-state index in [0.29, 0.717) is 5.69 Å². The Hall–Kier alpha value is -2.11. The Kier molecular flexibility index (Phi) is 3.31. The van der Waals surface area contributed by atoms with Crippen LogP contribution in [0.3, 0.4) is 0 Å². The number of hydrogen-bond donors (Lipinski definition) is 3. The first-order chi connectivity index (χ1) is 9.97. The first kappa shape index (κ1) is 13.9. The largest absolute Gasteiger partial charge is 0.481 e. The number of aliphatic carboxylic acids is 1. The van der Waals surface area contributed by atoms with Crippen molar-refractivity contribution >= 4 is 11.9 Å². The number of carboxylic acid groups (broad SMARTS) is 1. The summed E-state index contributed by atoms with van der Waals surface area (Å²) >= 11 is 0. The van der Waals surface area contributed by atoms with E-state index in [1.54, 1.807) is 6.92 Å². The third-order valence-corrected chi connectivity index (χ3v) is 4.80. The van der Waals surface area contributed by atoms with E-state index in [4.69, 9.17) is 0 Å². The fourth-order valence-corrected chi connectivity index (χ4v) is 3.83. The lowest BCUT2D eigenvalue weighted by molar-refractivity contribution is -0.144. The third kappa shape index (κ3) is 2.34. The van der Waals surface area contributed by atoms with Gasteiger partial charge >= 0.3 is 5.97 Å². The molecule has 0 saturated heterocycles. The molecule has 3 rings (SSSR count). The van der Waals surface area contributed by atoms with Gasteiger partial charge in [-0.05, 0) is 38.0 Å². The SMILES string of the molecule is Cc1cc(=O)c(C(=O)NC2C3CCC(C3)C2C(=O)O)c[nH]1. The molecule has 1 heterocycles. The third-order valence-electron chi connectivity index (χ3n) is 4.80. The molecule has 2 aliphatic rings. The zero-order valence-corrected chi connectivity index (χ0v) is 11.8. The maximum absolute atomic E-state index is 12.3. The number of pyridine rings is 1. The van der Waals surface area contributed by atoms with Gasteiger partial charge in [0.25, 0.3) is 5.91 Å². The molecule has 1 aromatic rings. The number of aromatic amines is 1. The molecule has 2 aliphatic carbocycles. The van der Waals surface area contributed by atoms with Gasteiger partial charge in [0.2, 0.25) is 0 Å². The average Bonchev–Trinajstić information content (AvgIpc) is 2.98. The molecule has 2 bridgehead atoms. The van der Waals surface area contributed by atoms with E-state index >= 15 is 0 Å². The molecule has 1 amide bonds. The van der Waals surface area contributed by atoms with Crippen molar-refractivity contribution in [2.75, 3.05) is 0 Å². The van der Waals surface area contributed by atoms with Crippen LogP contribution < -0.4 is 10.7 Å². The number of aryl methyl sites for hydroxylation is 1. The lowest BCUT2D eigenvalue weighted by atomic mass is 9.84. The van der Waals surface area contributed by atoms with Crippen LogP contribution in [0.4, 0.5) is 0 Å². The summed E-state index contributed by atoms with van der Waals surface area (Å²) in [6.07, 6.45) is 4.10. The maximum Gasteiger partial charge on any atom is 0.308 e. The summed E-state index contributed by atoms with van der Waals surface area (Å²) in [6.45, 7) is 1.74. The molecule has 6 nitrogen and oxygen atoms in total. The molecule has 2 saturated carbocycles. The van der Waals surface area contributed by atoms with Crippen molar-refractivity contribution < 1.29 is 14.7 Å². The predicted molar refractivity (Wildman–Crippen MR) is 75.0 cm³/mol. The Morgan fingerprint density at radius 2 is 2.05 bits per heavy atom. The van der Waals surface area contributed by atoms with E-state index in [9.17, 15) is 19.5 Å². The van der Waals surface area contributed by atoms with Crippen LogP contribution in [0.15, 0.2) is 17.1 Å². The van der Waals surface area contributed by atoms with Crippen LogP contribution in [0.1, 0.15) is 35.3 Å². The number of amides is 1. The van der Waals surface area contributed by atoms with Crippen LogP contribution >= 0.6 is 0 Å². The van der Waals surface area contributed by atoms with Gasteiger partial charge in [-0.25, -0.2) is 0 Å². The van der Waals surface area contributed by atoms with Crippen molar-refractivity contribution in [3.8, 4) is 0 Å². The summed E-state index contributed by atoms with van der Waals surface area (Å²) < 4.78 is 0. The quantitative estimate of drug-likeness (QED) is 0.770. The van der Waals surface area contributed by atoms with Gasteiger partial charge in [0.1, 0.15) is 5.56 Å². The summed E-state index contributed by atoms with van der Waals surface area (Å²) in [5.41, 5.74) is 0.367. The molecular formula is C15H18N2O4. The number of carboxylic acids is 1. The normalized spacial score (nSPS) is 30.3. The number of rotatable bonds is 3. The fourth-order valence-electron chi connectivity index (χ4n) is 3.83. The van der Waals surface area contributed by atoms with Gasteiger partial charge in [-0.2, -0.15) is 0 Å². The molecule has 0 radical (unpaired) electrons. The smallest absolute Gasteiger partial charge is 0.308 e. The van der Waals surface area contributed by atoms with E-state index in [-0.39, 0.29) is 28.9 Å². The maximum atomic E-state index is 12.3. The zero-order valence-electron chi connectivity index (χ0n) is 11.8. The van der Waals surface area contributed by atoms with Crippen molar-refractivity contribution in [3.05, 3.63) is 33.7 Å². The van der Waals surface area contributed by atoms with E-state index < -0.39 is 17.8 Å². The highest BCUT2D eigenvalue weighted by atomic mass is 16.4. The summed E-state index contributed by atoms with van der Waals surface area (Å²) in [7, 11) is 0. The summed E-state index contributed by atoms with van der Waals surface area (Å²) in [4.78, 5) is 38.3. The van der Waals surface area contributed by atoms with Gasteiger partial charge in [0.15, 0.2) is 5.43 Å². The monoisotopic (exact) mass is 290 g/mol. The van der Waals surface area contributed by atoms with Gasteiger partial charge in [0, 0.05) is 24.0 Å². The van der Waals surface area contributed by atoms with Gasteiger partial charge < -0.3 is 15.4 Å². The number of fused-ring (bicyclic) bond motifs is 2. The van der Waals surface area contributed by atoms with E-state index in [1.165, 1.54) is 12.3 Å². The van der Waals surface area contributed by atoms with Crippen molar-refractivity contribution in [2.24, 2.45) is 17.8 Å². The topological polar surface area (TPSA) is 99.3 Å². The number of aromatic nitrogens is 1. The number of nitrogens with one attached hydrogen (secondary N) is 2. The number of H-pyrrole nitrogens is 1. The summed E-state index contributed by atoms with van der Waals surface area (Å²) in [5.74, 6) is -1.51. The van der Waals surface area contributed by atoms with Gasteiger partial charge in [-0.3, -0.25) is 14.4 Å². The molecule has 0 spiro atoms. The molecule has 4 atom stereocenters. The van der Waals surface area contributed by atoms with Gasteiger partial charge in [0.05, 0.1) is 5.92 Å². The highest BCUT2D eigenvalue weighted by Crippen LogP contribution is 2.48. The Balaban J connectivity index is 1.81. The standard InChI is InChI=1S/C15H18N2O4/c1-7-4-11(18)10(6-16-7)14(19)17-13-9-3-2-8(5-9)12(13)15(20)21/h4,6,8-9,12-13H,2-3,5H2,1H3,(H,16,18)(H,17,19)(H,20,21). The molecule has 21 heavy (non-hydrogen) atoms. The molecule has 3 N–H and O–H groups in total. The van der Waals surface area contributed by atoms with E-state index in [2.05, 4.69) is 10.3 Å². The minimum absolute atomic E-state index is 0.0347. The van der Waals surface area contributed by atoms with Crippen LogP contribution in [0.25, 0.3) is 0 Å². The zero-order chi connectivity index (χ0) is 15.1. The molecule has 6 heteroatoms. The Bertz CT molecular complexity index is 651. The van der Waals surface area contributed by atoms with Crippen LogP contribution in [-0.4, -0.2) is 28.0 Å². The highest BCUT2D eigenvalue weighted by Gasteiger charge is 2.51. The van der Waals surface area contributed by atoms with Crippen LogP contribution in [0.5, 0.6) is 0 Å². The molecule has 0 aliphatic heterocycles. The second kappa shape index (κ2) is 5.02. The second-order valence-corrected chi connectivity index (χ2v) is 6.09. The van der Waals surface area contributed by atoms with Crippen LogP contribution in [0, 0.1) is 24.7 Å². The van der Waals surface area contributed by atoms with Gasteiger partial charge in [-0.15, -0.1) is 0 Å². The predicted octanol–water partition coefficient (Wildman–Crippen LogP) is 0.912. The highest BCUT2D eigenvalue weighted by molar-refractivity contribution is 5.94. The van der Waals surface area contributed by atoms with Crippen molar-refractivity contribution in [1.82, 2.24) is 10.3 Å². The lowest BCUT2D eigenvalue weighted by Gasteiger charge is -2.28.